The van der Waals surface area contributed by atoms with Crippen LogP contribution < -0.4 is 0 Å². The molecule has 1 atom stereocenters. The summed E-state index contributed by atoms with van der Waals surface area (Å²) >= 11 is 0. The zero-order chi connectivity index (χ0) is 19.5. The molecular formula is C24H46O2. The average Bonchev–Trinajstić information content (AvgIpc) is 2.62. The van der Waals surface area contributed by atoms with Crippen LogP contribution in [0, 0.1) is 0 Å². The summed E-state index contributed by atoms with van der Waals surface area (Å²) in [5.41, 5.74) is 0.516. The fourth-order valence-corrected chi connectivity index (χ4v) is 3.35. The van der Waals surface area contributed by atoms with Crippen LogP contribution in [0.1, 0.15) is 130 Å². The predicted octanol–water partition coefficient (Wildman–Crippen LogP) is 8.15. The minimum Gasteiger partial charge on any atom is -0.459 e. The molecule has 0 amide bonds. The molecule has 0 saturated carbocycles. The summed E-state index contributed by atoms with van der Waals surface area (Å²) in [6.45, 7) is 9.94. The average molecular weight is 367 g/mol. The second kappa shape index (κ2) is 19.0. The van der Waals surface area contributed by atoms with Crippen molar-refractivity contribution in [2.24, 2.45) is 0 Å². The molecule has 154 valence electrons. The molecule has 0 aliphatic heterocycles. The van der Waals surface area contributed by atoms with Crippen LogP contribution in [0.2, 0.25) is 0 Å². The van der Waals surface area contributed by atoms with E-state index >= 15 is 0 Å². The van der Waals surface area contributed by atoms with Gasteiger partial charge in [-0.3, -0.25) is 0 Å². The van der Waals surface area contributed by atoms with E-state index < -0.39 is 0 Å². The molecule has 0 saturated heterocycles. The van der Waals surface area contributed by atoms with E-state index in [1.54, 1.807) is 6.92 Å². The van der Waals surface area contributed by atoms with Crippen molar-refractivity contribution in [1.29, 1.82) is 0 Å². The van der Waals surface area contributed by atoms with E-state index in [0.717, 1.165) is 12.8 Å². The van der Waals surface area contributed by atoms with Crippen LogP contribution in [0.25, 0.3) is 0 Å². The molecular weight excluding hydrogens is 320 g/mol. The SMILES string of the molecule is C=C(C)C(=O)OC(CCCCCC)CCCCCCCCCCCCC. The van der Waals surface area contributed by atoms with Crippen LogP contribution in [-0.4, -0.2) is 12.1 Å². The second-order valence-corrected chi connectivity index (χ2v) is 7.98. The van der Waals surface area contributed by atoms with Crippen molar-refractivity contribution in [3.63, 3.8) is 0 Å². The van der Waals surface area contributed by atoms with Crippen molar-refractivity contribution in [3.05, 3.63) is 12.2 Å². The van der Waals surface area contributed by atoms with E-state index in [0.29, 0.717) is 5.57 Å². The summed E-state index contributed by atoms with van der Waals surface area (Å²) in [5, 5.41) is 0. The van der Waals surface area contributed by atoms with Gasteiger partial charge in [0.15, 0.2) is 0 Å². The van der Waals surface area contributed by atoms with Gasteiger partial charge in [-0.25, -0.2) is 4.79 Å². The Morgan fingerprint density at radius 2 is 1.04 bits per heavy atom. The highest BCUT2D eigenvalue weighted by molar-refractivity contribution is 5.87. The summed E-state index contributed by atoms with van der Waals surface area (Å²) < 4.78 is 5.65. The van der Waals surface area contributed by atoms with Gasteiger partial charge in [-0.1, -0.05) is 104 Å². The highest BCUT2D eigenvalue weighted by Gasteiger charge is 2.14. The smallest absolute Gasteiger partial charge is 0.333 e. The van der Waals surface area contributed by atoms with Crippen molar-refractivity contribution >= 4 is 5.97 Å². The Kier molecular flexibility index (Phi) is 18.4. The van der Waals surface area contributed by atoms with Crippen LogP contribution >= 0.6 is 0 Å². The van der Waals surface area contributed by atoms with Gasteiger partial charge < -0.3 is 4.74 Å². The maximum atomic E-state index is 11.8. The Morgan fingerprint density at radius 3 is 1.42 bits per heavy atom. The van der Waals surface area contributed by atoms with E-state index in [-0.39, 0.29) is 12.1 Å². The molecule has 0 rings (SSSR count). The van der Waals surface area contributed by atoms with Gasteiger partial charge in [0.1, 0.15) is 6.10 Å². The topological polar surface area (TPSA) is 26.3 Å². The predicted molar refractivity (Wildman–Crippen MR) is 115 cm³/mol. The van der Waals surface area contributed by atoms with Crippen molar-refractivity contribution < 1.29 is 9.53 Å². The molecule has 0 aliphatic carbocycles. The lowest BCUT2D eigenvalue weighted by Crippen LogP contribution is -2.18. The zero-order valence-electron chi connectivity index (χ0n) is 18.1. The first-order valence-electron chi connectivity index (χ1n) is 11.5. The van der Waals surface area contributed by atoms with Gasteiger partial charge in [-0.05, 0) is 32.6 Å². The minimum atomic E-state index is -0.214. The molecule has 1 unspecified atom stereocenters. The van der Waals surface area contributed by atoms with Crippen molar-refractivity contribution in [1.82, 2.24) is 0 Å². The number of ether oxygens (including phenoxy) is 1. The molecule has 26 heavy (non-hydrogen) atoms. The highest BCUT2D eigenvalue weighted by Crippen LogP contribution is 2.17. The quantitative estimate of drug-likeness (QED) is 0.131. The molecule has 0 bridgehead atoms. The maximum absolute atomic E-state index is 11.8. The summed E-state index contributed by atoms with van der Waals surface area (Å²) in [4.78, 5) is 11.8. The fourth-order valence-electron chi connectivity index (χ4n) is 3.35. The van der Waals surface area contributed by atoms with Crippen LogP contribution in [0.5, 0.6) is 0 Å². The van der Waals surface area contributed by atoms with E-state index in [1.165, 1.54) is 96.3 Å². The summed E-state index contributed by atoms with van der Waals surface area (Å²) in [5.74, 6) is -0.214. The van der Waals surface area contributed by atoms with E-state index in [4.69, 9.17) is 4.74 Å². The number of hydrogen-bond donors (Lipinski definition) is 0. The molecule has 0 heterocycles. The van der Waals surface area contributed by atoms with E-state index in [2.05, 4.69) is 20.4 Å². The Balaban J connectivity index is 3.73. The first-order valence-corrected chi connectivity index (χ1v) is 11.5. The normalized spacial score (nSPS) is 12.1. The summed E-state index contributed by atoms with van der Waals surface area (Å²) in [6.07, 6.45) is 22.0. The van der Waals surface area contributed by atoms with Crippen LogP contribution in [0.15, 0.2) is 12.2 Å². The summed E-state index contributed by atoms with van der Waals surface area (Å²) in [7, 11) is 0. The number of rotatable bonds is 19. The third-order valence-corrected chi connectivity index (χ3v) is 5.13. The van der Waals surface area contributed by atoms with Crippen LogP contribution in [0.3, 0.4) is 0 Å². The zero-order valence-corrected chi connectivity index (χ0v) is 18.1. The van der Waals surface area contributed by atoms with E-state index in [9.17, 15) is 4.79 Å². The van der Waals surface area contributed by atoms with Gasteiger partial charge >= 0.3 is 5.97 Å². The Bertz CT molecular complexity index is 335. The van der Waals surface area contributed by atoms with Crippen LogP contribution in [-0.2, 0) is 9.53 Å². The first kappa shape index (κ1) is 25.2. The van der Waals surface area contributed by atoms with Crippen molar-refractivity contribution in [2.75, 3.05) is 0 Å². The highest BCUT2D eigenvalue weighted by atomic mass is 16.5. The number of carbonyl (C=O) groups excluding carboxylic acids is 1. The third kappa shape index (κ3) is 16.7. The molecule has 0 N–H and O–H groups in total. The van der Waals surface area contributed by atoms with Crippen molar-refractivity contribution in [2.45, 2.75) is 136 Å². The van der Waals surface area contributed by atoms with Crippen molar-refractivity contribution in [3.8, 4) is 0 Å². The molecule has 0 aromatic rings. The molecule has 0 fully saturated rings. The maximum Gasteiger partial charge on any atom is 0.333 e. The Morgan fingerprint density at radius 1 is 0.692 bits per heavy atom. The summed E-state index contributed by atoms with van der Waals surface area (Å²) in [6, 6.07) is 0. The van der Waals surface area contributed by atoms with Gasteiger partial charge in [0.2, 0.25) is 0 Å². The molecule has 0 radical (unpaired) electrons. The molecule has 0 spiro atoms. The minimum absolute atomic E-state index is 0.0922. The standard InChI is InChI=1S/C24H46O2/c1-5-7-9-11-12-13-14-15-16-17-19-21-23(20-18-10-8-6-2)26-24(25)22(3)4/h23H,3,5-21H2,1-2,4H3. The lowest BCUT2D eigenvalue weighted by atomic mass is 10.0. The lowest BCUT2D eigenvalue weighted by molar-refractivity contribution is -0.145. The second-order valence-electron chi connectivity index (χ2n) is 7.98. The van der Waals surface area contributed by atoms with Gasteiger partial charge in [0, 0.05) is 5.57 Å². The van der Waals surface area contributed by atoms with Gasteiger partial charge in [0.05, 0.1) is 0 Å². The van der Waals surface area contributed by atoms with Gasteiger partial charge in [0.25, 0.3) is 0 Å². The molecule has 0 aromatic carbocycles. The number of unbranched alkanes of at least 4 members (excludes halogenated alkanes) is 13. The van der Waals surface area contributed by atoms with Gasteiger partial charge in [-0.2, -0.15) is 0 Å². The van der Waals surface area contributed by atoms with E-state index in [1.807, 2.05) is 0 Å². The molecule has 2 nitrogen and oxygen atoms in total. The number of esters is 1. The molecule has 2 heteroatoms. The Hall–Kier alpha value is -0.790. The first-order chi connectivity index (χ1) is 12.6. The largest absolute Gasteiger partial charge is 0.459 e. The monoisotopic (exact) mass is 366 g/mol. The lowest BCUT2D eigenvalue weighted by Gasteiger charge is -2.18. The van der Waals surface area contributed by atoms with Crippen LogP contribution in [0.4, 0.5) is 0 Å². The molecule has 0 aliphatic rings. The number of carbonyl (C=O) groups is 1. The Labute approximate surface area is 164 Å². The van der Waals surface area contributed by atoms with Gasteiger partial charge in [-0.15, -0.1) is 0 Å². The molecule has 0 aromatic heterocycles. The fraction of sp³-hybridized carbons (Fsp3) is 0.875. The third-order valence-electron chi connectivity index (χ3n) is 5.13. The number of hydrogen-bond acceptors (Lipinski definition) is 2.